The molecule has 166 valence electrons. The van der Waals surface area contributed by atoms with Gasteiger partial charge in [-0.1, -0.05) is 26.7 Å². The first-order valence-electron chi connectivity index (χ1n) is 12.1. The molecule has 0 spiro atoms. The maximum atomic E-state index is 15.0. The Bertz CT molecular complexity index is 765. The van der Waals surface area contributed by atoms with Gasteiger partial charge in [-0.3, -0.25) is 0 Å². The van der Waals surface area contributed by atoms with E-state index in [9.17, 15) is 8.78 Å². The number of aryl methyl sites for hydroxylation is 1. The highest BCUT2D eigenvalue weighted by molar-refractivity contribution is 5.43. The molecule has 1 aliphatic carbocycles. The van der Waals surface area contributed by atoms with Crippen molar-refractivity contribution in [3.63, 3.8) is 0 Å². The number of hydrogen-bond acceptors (Lipinski definition) is 2. The first kappa shape index (κ1) is 21.6. The van der Waals surface area contributed by atoms with Gasteiger partial charge in [-0.25, -0.2) is 4.39 Å². The van der Waals surface area contributed by atoms with Crippen LogP contribution in [0.1, 0.15) is 95.1 Å². The molecule has 1 saturated carbocycles. The predicted octanol–water partition coefficient (Wildman–Crippen LogP) is 7.45. The highest BCUT2D eigenvalue weighted by Gasteiger charge is 2.32. The SMILES string of the molecule is CCCC1CC=C(C2CCC(c3cc4c(c(F)c3F)OC(CCC)CC4)CC2)OC1. The summed E-state index contributed by atoms with van der Waals surface area (Å²) in [5, 5.41) is 0. The molecule has 4 heteroatoms. The third-order valence-electron chi connectivity index (χ3n) is 7.30. The lowest BCUT2D eigenvalue weighted by Gasteiger charge is -2.34. The summed E-state index contributed by atoms with van der Waals surface area (Å²) >= 11 is 0. The number of fused-ring (bicyclic) bond motifs is 1. The molecule has 0 N–H and O–H groups in total. The molecule has 0 saturated heterocycles. The van der Waals surface area contributed by atoms with Crippen LogP contribution in [0.5, 0.6) is 5.75 Å². The number of rotatable bonds is 6. The molecule has 0 radical (unpaired) electrons. The maximum Gasteiger partial charge on any atom is 0.201 e. The summed E-state index contributed by atoms with van der Waals surface area (Å²) in [6, 6.07) is 1.90. The molecule has 2 aliphatic heterocycles. The highest BCUT2D eigenvalue weighted by Crippen LogP contribution is 2.44. The third kappa shape index (κ3) is 4.53. The van der Waals surface area contributed by atoms with Crippen LogP contribution >= 0.6 is 0 Å². The van der Waals surface area contributed by atoms with E-state index < -0.39 is 11.6 Å². The van der Waals surface area contributed by atoms with Crippen LogP contribution in [0.3, 0.4) is 0 Å². The number of halogens is 2. The summed E-state index contributed by atoms with van der Waals surface area (Å²) in [6.07, 6.45) is 13.2. The van der Waals surface area contributed by atoms with Crippen molar-refractivity contribution in [3.05, 3.63) is 40.7 Å². The standard InChI is InChI=1S/C26H36F2O2/c1-3-5-17-7-14-23(29-16-17)19-10-8-18(9-11-19)22-15-20-12-13-21(6-4-2)30-26(20)25(28)24(22)27/h14-15,17-19,21H,3-13,16H2,1-2H3. The van der Waals surface area contributed by atoms with Gasteiger partial charge in [0.25, 0.3) is 0 Å². The minimum atomic E-state index is -0.772. The van der Waals surface area contributed by atoms with E-state index >= 15 is 0 Å². The van der Waals surface area contributed by atoms with Gasteiger partial charge in [0.2, 0.25) is 5.82 Å². The van der Waals surface area contributed by atoms with Crippen LogP contribution in [0.15, 0.2) is 17.9 Å². The molecule has 30 heavy (non-hydrogen) atoms. The van der Waals surface area contributed by atoms with Gasteiger partial charge < -0.3 is 9.47 Å². The van der Waals surface area contributed by atoms with Gasteiger partial charge in [-0.15, -0.1) is 0 Å². The largest absolute Gasteiger partial charge is 0.498 e. The zero-order valence-corrected chi connectivity index (χ0v) is 18.5. The third-order valence-corrected chi connectivity index (χ3v) is 7.30. The lowest BCUT2D eigenvalue weighted by molar-refractivity contribution is 0.104. The number of hydrogen-bond donors (Lipinski definition) is 0. The summed E-state index contributed by atoms with van der Waals surface area (Å²) in [6.45, 7) is 5.15. The summed E-state index contributed by atoms with van der Waals surface area (Å²) in [5.74, 6) is 1.03. The molecule has 4 rings (SSSR count). The Kier molecular flexibility index (Phi) is 7.00. The average Bonchev–Trinajstić information content (AvgIpc) is 2.78. The lowest BCUT2D eigenvalue weighted by atomic mass is 9.76. The molecular weight excluding hydrogens is 382 g/mol. The van der Waals surface area contributed by atoms with Gasteiger partial charge in [0, 0.05) is 5.92 Å². The maximum absolute atomic E-state index is 15.0. The fraction of sp³-hybridized carbons (Fsp3) is 0.692. The fourth-order valence-electron chi connectivity index (χ4n) is 5.57. The summed E-state index contributed by atoms with van der Waals surface area (Å²) in [7, 11) is 0. The van der Waals surface area contributed by atoms with Crippen molar-refractivity contribution in [1.82, 2.24) is 0 Å². The summed E-state index contributed by atoms with van der Waals surface area (Å²) in [5.41, 5.74) is 1.41. The second-order valence-electron chi connectivity index (χ2n) is 9.51. The number of allylic oxidation sites excluding steroid dienone is 2. The fourth-order valence-corrected chi connectivity index (χ4v) is 5.57. The molecule has 2 unspecified atom stereocenters. The summed E-state index contributed by atoms with van der Waals surface area (Å²) in [4.78, 5) is 0. The van der Waals surface area contributed by atoms with Crippen LogP contribution in [-0.4, -0.2) is 12.7 Å². The number of benzene rings is 1. The van der Waals surface area contributed by atoms with E-state index in [0.29, 0.717) is 17.4 Å². The van der Waals surface area contributed by atoms with Gasteiger partial charge in [0.15, 0.2) is 11.6 Å². The van der Waals surface area contributed by atoms with E-state index in [0.717, 1.165) is 75.7 Å². The topological polar surface area (TPSA) is 18.5 Å². The zero-order chi connectivity index (χ0) is 21.1. The van der Waals surface area contributed by atoms with Gasteiger partial charge in [0.1, 0.15) is 0 Å². The Morgan fingerprint density at radius 3 is 2.33 bits per heavy atom. The van der Waals surface area contributed by atoms with Gasteiger partial charge in [-0.2, -0.15) is 4.39 Å². The normalized spacial score (nSPS) is 28.9. The Labute approximate surface area is 180 Å². The van der Waals surface area contributed by atoms with Crippen molar-refractivity contribution in [2.24, 2.45) is 11.8 Å². The van der Waals surface area contributed by atoms with Crippen molar-refractivity contribution < 1.29 is 18.3 Å². The molecule has 1 fully saturated rings. The van der Waals surface area contributed by atoms with Gasteiger partial charge in [0.05, 0.1) is 18.5 Å². The van der Waals surface area contributed by atoms with Crippen LogP contribution < -0.4 is 4.74 Å². The van der Waals surface area contributed by atoms with E-state index in [1.54, 1.807) is 0 Å². The van der Waals surface area contributed by atoms with Crippen molar-refractivity contribution in [2.75, 3.05) is 6.61 Å². The van der Waals surface area contributed by atoms with Gasteiger partial charge in [-0.05, 0) is 92.9 Å². The quantitative estimate of drug-likeness (QED) is 0.477. The molecular formula is C26H36F2O2. The predicted molar refractivity (Wildman–Crippen MR) is 116 cm³/mol. The molecule has 0 aromatic heterocycles. The smallest absolute Gasteiger partial charge is 0.201 e. The molecule has 1 aromatic rings. The van der Waals surface area contributed by atoms with Crippen molar-refractivity contribution in [2.45, 2.75) is 96.5 Å². The minimum absolute atomic E-state index is 0.0124. The van der Waals surface area contributed by atoms with Crippen LogP contribution in [0.25, 0.3) is 0 Å². The molecule has 2 heterocycles. The Morgan fingerprint density at radius 2 is 1.67 bits per heavy atom. The molecule has 0 amide bonds. The molecule has 2 atom stereocenters. The molecule has 0 bridgehead atoms. The van der Waals surface area contributed by atoms with E-state index in [2.05, 4.69) is 19.9 Å². The first-order chi connectivity index (χ1) is 14.6. The Balaban J connectivity index is 1.41. The Hall–Kier alpha value is -1.58. The van der Waals surface area contributed by atoms with Crippen LogP contribution in [-0.2, 0) is 11.2 Å². The van der Waals surface area contributed by atoms with Gasteiger partial charge >= 0.3 is 0 Å². The lowest BCUT2D eigenvalue weighted by Crippen LogP contribution is -2.25. The second kappa shape index (κ2) is 9.70. The molecule has 2 nitrogen and oxygen atoms in total. The average molecular weight is 419 g/mol. The van der Waals surface area contributed by atoms with Crippen molar-refractivity contribution in [3.8, 4) is 5.75 Å². The molecule has 3 aliphatic rings. The second-order valence-corrected chi connectivity index (χ2v) is 9.51. The van der Waals surface area contributed by atoms with Crippen molar-refractivity contribution in [1.29, 1.82) is 0 Å². The first-order valence-corrected chi connectivity index (χ1v) is 12.1. The van der Waals surface area contributed by atoms with E-state index in [4.69, 9.17) is 9.47 Å². The van der Waals surface area contributed by atoms with Crippen molar-refractivity contribution >= 4 is 0 Å². The Morgan fingerprint density at radius 1 is 0.933 bits per heavy atom. The van der Waals surface area contributed by atoms with Crippen LogP contribution in [0, 0.1) is 23.5 Å². The van der Waals surface area contributed by atoms with E-state index in [1.165, 1.54) is 12.8 Å². The van der Waals surface area contributed by atoms with E-state index in [-0.39, 0.29) is 17.8 Å². The van der Waals surface area contributed by atoms with Crippen LogP contribution in [0.4, 0.5) is 8.78 Å². The zero-order valence-electron chi connectivity index (χ0n) is 18.5. The van der Waals surface area contributed by atoms with Crippen LogP contribution in [0.2, 0.25) is 0 Å². The highest BCUT2D eigenvalue weighted by atomic mass is 19.2. The minimum Gasteiger partial charge on any atom is -0.498 e. The summed E-state index contributed by atoms with van der Waals surface area (Å²) < 4.78 is 41.7. The monoisotopic (exact) mass is 418 g/mol. The molecule has 1 aromatic carbocycles. The van der Waals surface area contributed by atoms with E-state index in [1.807, 2.05) is 6.07 Å². The number of ether oxygens (including phenoxy) is 2.